The van der Waals surface area contributed by atoms with Crippen LogP contribution in [0.25, 0.3) is 11.1 Å². The number of carbonyl (C=O) groups is 3. The van der Waals surface area contributed by atoms with E-state index in [1.807, 2.05) is 49.4 Å². The van der Waals surface area contributed by atoms with Gasteiger partial charge in [-0.05, 0) is 41.7 Å². The van der Waals surface area contributed by atoms with Gasteiger partial charge in [0, 0.05) is 40.7 Å². The second-order valence-corrected chi connectivity index (χ2v) is 10.7. The monoisotopic (exact) mass is 550 g/mol. The number of nitrogens with zero attached hydrogens (tertiary/aromatic N) is 3. The van der Waals surface area contributed by atoms with Crippen molar-refractivity contribution in [3.05, 3.63) is 59.7 Å². The predicted octanol–water partition coefficient (Wildman–Crippen LogP) is 5.06. The number of amides is 4. The Labute approximate surface area is 239 Å². The third-order valence-corrected chi connectivity index (χ3v) is 7.76. The van der Waals surface area contributed by atoms with Crippen molar-refractivity contribution in [3.63, 3.8) is 0 Å². The van der Waals surface area contributed by atoms with Gasteiger partial charge in [-0.15, -0.1) is 0 Å². The fourth-order valence-corrected chi connectivity index (χ4v) is 5.34. The molecule has 8 nitrogen and oxygen atoms in total. The molecule has 218 valence electrons. The van der Waals surface area contributed by atoms with Crippen molar-refractivity contribution < 1.29 is 19.1 Å². The number of ether oxygens (including phenoxy) is 1. The number of likely N-dealkylation sites (N-methyl/N-ethyl adjacent to an activating group) is 1. The summed E-state index contributed by atoms with van der Waals surface area (Å²) in [5, 5.41) is 2.64. The molecule has 1 aliphatic rings. The third-order valence-electron chi connectivity index (χ3n) is 7.76. The van der Waals surface area contributed by atoms with Crippen LogP contribution in [-0.4, -0.2) is 79.1 Å². The summed E-state index contributed by atoms with van der Waals surface area (Å²) < 4.78 is 5.17. The molecule has 4 amide bonds. The van der Waals surface area contributed by atoms with Gasteiger partial charge in [-0.1, -0.05) is 81.5 Å². The predicted molar refractivity (Wildman–Crippen MR) is 159 cm³/mol. The summed E-state index contributed by atoms with van der Waals surface area (Å²) in [6.45, 7) is 5.31. The van der Waals surface area contributed by atoms with Crippen LogP contribution in [0.4, 0.5) is 4.79 Å². The summed E-state index contributed by atoms with van der Waals surface area (Å²) >= 11 is 0. The Bertz CT molecular complexity index is 1120. The van der Waals surface area contributed by atoms with Crippen molar-refractivity contribution in [2.45, 2.75) is 77.4 Å². The first-order valence-electron chi connectivity index (χ1n) is 14.5. The third kappa shape index (κ3) is 8.07. The molecule has 0 saturated carbocycles. The van der Waals surface area contributed by atoms with Gasteiger partial charge in [0.1, 0.15) is 18.8 Å². The lowest BCUT2D eigenvalue weighted by Gasteiger charge is -2.42. The molecule has 0 radical (unpaired) electrons. The molecule has 0 unspecified atom stereocenters. The van der Waals surface area contributed by atoms with E-state index in [-0.39, 0.29) is 24.6 Å². The first-order chi connectivity index (χ1) is 19.3. The molecule has 1 N–H and O–H groups in total. The molecule has 1 aliphatic heterocycles. The number of rotatable bonds is 14. The van der Waals surface area contributed by atoms with Crippen molar-refractivity contribution in [2.75, 3.05) is 34.5 Å². The fourth-order valence-electron chi connectivity index (χ4n) is 5.34. The number of nitrogens with one attached hydrogen (secondary N) is 1. The average molecular weight is 551 g/mol. The zero-order valence-electron chi connectivity index (χ0n) is 24.8. The summed E-state index contributed by atoms with van der Waals surface area (Å²) in [5.74, 6) is 0.0416. The molecular formula is C32H46N4O4. The van der Waals surface area contributed by atoms with Gasteiger partial charge in [-0.25, -0.2) is 4.79 Å². The van der Waals surface area contributed by atoms with E-state index in [0.29, 0.717) is 19.5 Å². The van der Waals surface area contributed by atoms with Crippen molar-refractivity contribution in [3.8, 4) is 11.1 Å². The Morgan fingerprint density at radius 1 is 0.950 bits per heavy atom. The SMILES string of the molecule is CCCCCCCCN1C(=O)[C@H](Cc2ccc(-c3cccc(CN(COC)C(=O)NC)c3)cc2)N(C)C(=O)[C@@H]1C. The van der Waals surface area contributed by atoms with E-state index in [2.05, 4.69) is 18.3 Å². The normalized spacial score (nSPS) is 17.3. The number of carbonyl (C=O) groups excluding carboxylic acids is 3. The minimum Gasteiger partial charge on any atom is -0.364 e. The number of piperazine rings is 1. The lowest BCUT2D eigenvalue weighted by molar-refractivity contribution is -0.159. The zero-order chi connectivity index (χ0) is 29.1. The lowest BCUT2D eigenvalue weighted by atomic mass is 9.96. The summed E-state index contributed by atoms with van der Waals surface area (Å²) in [6.07, 6.45) is 7.37. The van der Waals surface area contributed by atoms with Crippen LogP contribution in [-0.2, 0) is 27.3 Å². The molecule has 1 fully saturated rings. The summed E-state index contributed by atoms with van der Waals surface area (Å²) in [7, 11) is 4.91. The molecule has 1 heterocycles. The molecule has 0 aliphatic carbocycles. The second-order valence-electron chi connectivity index (χ2n) is 10.7. The Balaban J connectivity index is 1.66. The van der Waals surface area contributed by atoms with Crippen molar-refractivity contribution >= 4 is 17.8 Å². The minimum atomic E-state index is -0.491. The van der Waals surface area contributed by atoms with Crippen LogP contribution in [0.15, 0.2) is 48.5 Å². The number of methoxy groups -OCH3 is 1. The van der Waals surface area contributed by atoms with Crippen LogP contribution in [0.3, 0.4) is 0 Å². The Morgan fingerprint density at radius 3 is 2.33 bits per heavy atom. The fraction of sp³-hybridized carbons (Fsp3) is 0.531. The largest absolute Gasteiger partial charge is 0.364 e. The molecule has 3 rings (SSSR count). The topological polar surface area (TPSA) is 82.2 Å². The molecule has 2 aromatic carbocycles. The molecule has 40 heavy (non-hydrogen) atoms. The molecule has 0 spiro atoms. The Hall–Kier alpha value is -3.39. The molecule has 2 aromatic rings. The van der Waals surface area contributed by atoms with E-state index < -0.39 is 12.1 Å². The lowest BCUT2D eigenvalue weighted by Crippen LogP contribution is -2.63. The Morgan fingerprint density at radius 2 is 1.65 bits per heavy atom. The highest BCUT2D eigenvalue weighted by molar-refractivity contribution is 5.96. The van der Waals surface area contributed by atoms with Gasteiger partial charge < -0.3 is 19.9 Å². The van der Waals surface area contributed by atoms with Crippen molar-refractivity contribution in [1.29, 1.82) is 0 Å². The summed E-state index contributed by atoms with van der Waals surface area (Å²) in [4.78, 5) is 43.6. The highest BCUT2D eigenvalue weighted by atomic mass is 16.5. The maximum Gasteiger partial charge on any atom is 0.319 e. The Kier molecular flexibility index (Phi) is 12.0. The first-order valence-corrected chi connectivity index (χ1v) is 14.5. The van der Waals surface area contributed by atoms with Gasteiger partial charge in [-0.2, -0.15) is 0 Å². The van der Waals surface area contributed by atoms with Crippen LogP contribution >= 0.6 is 0 Å². The average Bonchev–Trinajstić information content (AvgIpc) is 2.97. The number of unbranched alkanes of at least 4 members (excludes halogenated alkanes) is 5. The highest BCUT2D eigenvalue weighted by Crippen LogP contribution is 2.25. The number of benzene rings is 2. The molecule has 0 aromatic heterocycles. The van der Waals surface area contributed by atoms with Gasteiger partial charge in [0.25, 0.3) is 0 Å². The van der Waals surface area contributed by atoms with Gasteiger partial charge in [0.2, 0.25) is 11.8 Å². The van der Waals surface area contributed by atoms with Crippen LogP contribution in [0.2, 0.25) is 0 Å². The van der Waals surface area contributed by atoms with E-state index in [1.54, 1.807) is 35.9 Å². The zero-order valence-corrected chi connectivity index (χ0v) is 24.8. The van der Waals surface area contributed by atoms with Crippen molar-refractivity contribution in [2.24, 2.45) is 0 Å². The molecule has 1 saturated heterocycles. The summed E-state index contributed by atoms with van der Waals surface area (Å²) in [6, 6.07) is 15.1. The smallest absolute Gasteiger partial charge is 0.319 e. The summed E-state index contributed by atoms with van der Waals surface area (Å²) in [5.41, 5.74) is 4.09. The maximum atomic E-state index is 13.5. The van der Waals surface area contributed by atoms with Crippen molar-refractivity contribution in [1.82, 2.24) is 20.0 Å². The van der Waals surface area contributed by atoms with Gasteiger partial charge >= 0.3 is 6.03 Å². The maximum absolute atomic E-state index is 13.5. The van der Waals surface area contributed by atoms with E-state index >= 15 is 0 Å². The van der Waals surface area contributed by atoms with Crippen LogP contribution in [0.5, 0.6) is 0 Å². The van der Waals surface area contributed by atoms with E-state index in [1.165, 1.54) is 25.7 Å². The van der Waals surface area contributed by atoms with Crippen LogP contribution in [0.1, 0.15) is 63.5 Å². The highest BCUT2D eigenvalue weighted by Gasteiger charge is 2.41. The number of hydrogen-bond donors (Lipinski definition) is 1. The number of urea groups is 1. The van der Waals surface area contributed by atoms with E-state index in [4.69, 9.17) is 4.74 Å². The van der Waals surface area contributed by atoms with Crippen LogP contribution in [0, 0.1) is 0 Å². The minimum absolute atomic E-state index is 0.00305. The van der Waals surface area contributed by atoms with E-state index in [9.17, 15) is 14.4 Å². The van der Waals surface area contributed by atoms with Gasteiger partial charge in [-0.3, -0.25) is 14.5 Å². The van der Waals surface area contributed by atoms with Crippen LogP contribution < -0.4 is 5.32 Å². The molecule has 8 heteroatoms. The molecule has 2 atom stereocenters. The standard InChI is InChI=1S/C32H46N4O4/c1-6-7-8-9-10-11-19-36-24(2)30(37)34(4)29(31(36)38)21-25-15-17-27(18-16-25)28-14-12-13-26(20-28)22-35(23-40-5)32(39)33-3/h12-18,20,24,29H,6-11,19,21-23H2,1-5H3,(H,33,39)/t24-,29-/m0/s1. The molecule has 0 bridgehead atoms. The first kappa shape index (κ1) is 31.1. The van der Waals surface area contributed by atoms with Gasteiger partial charge in [0.05, 0.1) is 0 Å². The molecular weight excluding hydrogens is 504 g/mol. The van der Waals surface area contributed by atoms with E-state index in [0.717, 1.165) is 35.1 Å². The number of hydrogen-bond acceptors (Lipinski definition) is 4. The second kappa shape index (κ2) is 15.4. The van der Waals surface area contributed by atoms with Gasteiger partial charge in [0.15, 0.2) is 0 Å². The quantitative estimate of drug-likeness (QED) is 0.263.